The Kier molecular flexibility index (Phi) is 8.56. The molecule has 0 atom stereocenters. The number of aromatic nitrogens is 3. The van der Waals surface area contributed by atoms with Gasteiger partial charge in [-0.1, -0.05) is 23.7 Å². The van der Waals surface area contributed by atoms with Crippen LogP contribution in [0.5, 0.6) is 0 Å². The van der Waals surface area contributed by atoms with E-state index in [4.69, 9.17) is 27.6 Å². The normalized spacial score (nSPS) is 18.9. The van der Waals surface area contributed by atoms with Crippen molar-refractivity contribution < 1.29 is 14.3 Å². The lowest BCUT2D eigenvalue weighted by molar-refractivity contribution is 0.0290. The maximum atomic E-state index is 13.4. The van der Waals surface area contributed by atoms with Crippen molar-refractivity contribution in [2.24, 2.45) is 10.8 Å². The summed E-state index contributed by atoms with van der Waals surface area (Å²) in [6, 6.07) is 12.3. The summed E-state index contributed by atoms with van der Waals surface area (Å²) in [6.45, 7) is 3.65. The average molecular weight is 564 g/mol. The van der Waals surface area contributed by atoms with Crippen LogP contribution in [-0.2, 0) is 10.2 Å². The molecule has 208 valence electrons. The number of halogens is 1. The summed E-state index contributed by atoms with van der Waals surface area (Å²) >= 11 is 6.37. The summed E-state index contributed by atoms with van der Waals surface area (Å²) in [4.78, 5) is 44.0. The predicted molar refractivity (Wildman–Crippen MR) is 150 cm³/mol. The van der Waals surface area contributed by atoms with Crippen LogP contribution < -0.4 is 11.3 Å². The van der Waals surface area contributed by atoms with Crippen LogP contribution in [0.15, 0.2) is 64.8 Å². The first kappa shape index (κ1) is 28.8. The van der Waals surface area contributed by atoms with E-state index in [1.54, 1.807) is 24.5 Å². The van der Waals surface area contributed by atoms with Crippen molar-refractivity contribution in [3.05, 3.63) is 91.8 Å². The molecule has 2 amide bonds. The molecule has 12 heteroatoms. The Labute approximate surface area is 235 Å². The second kappa shape index (κ2) is 11.9. The standard InChI is InChI=1S/C28H30ClN7O4/c1-27(2,40-26(30)39)12-13-28(19-6-3-7-20(29)15-19)10-8-21(9-11-28)36-25(38)22(24(37)33-35-31)16-23(34-36)18-5-4-14-32-17-18/h3-7,14-17,21H,8-13H2,1-2H3,(H2,30,39). The average Bonchev–Trinajstić information content (AvgIpc) is 2.92. The van der Waals surface area contributed by atoms with E-state index in [0.717, 1.165) is 5.56 Å². The maximum absolute atomic E-state index is 13.4. The number of hydrogen-bond acceptors (Lipinski definition) is 6. The van der Waals surface area contributed by atoms with E-state index in [2.05, 4.69) is 20.1 Å². The number of azide groups is 1. The second-order valence-corrected chi connectivity index (χ2v) is 11.1. The number of rotatable bonds is 8. The van der Waals surface area contributed by atoms with Crippen LogP contribution in [0, 0.1) is 0 Å². The molecule has 0 saturated heterocycles. The van der Waals surface area contributed by atoms with Crippen molar-refractivity contribution in [1.82, 2.24) is 14.8 Å². The van der Waals surface area contributed by atoms with Crippen LogP contribution in [0.1, 0.15) is 74.3 Å². The Bertz CT molecular complexity index is 1510. The van der Waals surface area contributed by atoms with Crippen LogP contribution >= 0.6 is 11.6 Å². The number of amides is 2. The molecule has 1 fully saturated rings. The lowest BCUT2D eigenvalue weighted by Crippen LogP contribution is -2.39. The molecule has 2 N–H and O–H groups in total. The molecule has 0 radical (unpaired) electrons. The minimum atomic E-state index is -0.963. The fourth-order valence-electron chi connectivity index (χ4n) is 5.43. The number of nitrogens with zero attached hydrogens (tertiary/aromatic N) is 6. The van der Waals surface area contributed by atoms with E-state index >= 15 is 0 Å². The number of ether oxygens (including phenoxy) is 1. The first-order valence-corrected chi connectivity index (χ1v) is 13.3. The van der Waals surface area contributed by atoms with Gasteiger partial charge in [0.1, 0.15) is 5.60 Å². The van der Waals surface area contributed by atoms with Crippen LogP contribution in [-0.4, -0.2) is 32.4 Å². The zero-order chi connectivity index (χ0) is 28.9. The van der Waals surface area contributed by atoms with Gasteiger partial charge >= 0.3 is 6.09 Å². The van der Waals surface area contributed by atoms with Gasteiger partial charge in [-0.3, -0.25) is 14.6 Å². The van der Waals surface area contributed by atoms with Crippen molar-refractivity contribution >= 4 is 23.6 Å². The van der Waals surface area contributed by atoms with Crippen LogP contribution in [0.25, 0.3) is 21.7 Å². The molecule has 0 unspecified atom stereocenters. The van der Waals surface area contributed by atoms with Gasteiger partial charge in [-0.15, -0.1) is 0 Å². The van der Waals surface area contributed by atoms with E-state index in [-0.39, 0.29) is 17.0 Å². The molecule has 1 aromatic carbocycles. The van der Waals surface area contributed by atoms with E-state index in [1.807, 2.05) is 38.1 Å². The van der Waals surface area contributed by atoms with Crippen molar-refractivity contribution in [3.63, 3.8) is 0 Å². The number of nitrogens with two attached hydrogens (primary N) is 1. The molecule has 0 spiro atoms. The van der Waals surface area contributed by atoms with Crippen molar-refractivity contribution in [2.45, 2.75) is 69.4 Å². The SMILES string of the molecule is CC(C)(CCC1(c2cccc(Cl)c2)CCC(n2nc(-c3cccnc3)cc(C(=O)N=[N+]=[N-])c2=O)CC1)OC(N)=O. The van der Waals surface area contributed by atoms with Gasteiger partial charge in [0, 0.05) is 27.9 Å². The van der Waals surface area contributed by atoms with Gasteiger partial charge in [0.05, 0.1) is 17.3 Å². The molecular weight excluding hydrogens is 534 g/mol. The fraction of sp³-hybridized carbons (Fsp3) is 0.393. The van der Waals surface area contributed by atoms with E-state index in [0.29, 0.717) is 54.8 Å². The molecule has 11 nitrogen and oxygen atoms in total. The van der Waals surface area contributed by atoms with Gasteiger partial charge in [-0.25, -0.2) is 9.48 Å². The van der Waals surface area contributed by atoms with Gasteiger partial charge in [-0.2, -0.15) is 5.10 Å². The lowest BCUT2D eigenvalue weighted by Gasteiger charge is -2.42. The van der Waals surface area contributed by atoms with E-state index in [1.165, 1.54) is 10.7 Å². The van der Waals surface area contributed by atoms with E-state index < -0.39 is 23.2 Å². The molecule has 0 aliphatic heterocycles. The Morgan fingerprint density at radius 1 is 1.25 bits per heavy atom. The summed E-state index contributed by atoms with van der Waals surface area (Å²) in [7, 11) is 0. The predicted octanol–water partition coefficient (Wildman–Crippen LogP) is 6.12. The monoisotopic (exact) mass is 563 g/mol. The van der Waals surface area contributed by atoms with Crippen LogP contribution in [0.2, 0.25) is 5.02 Å². The molecule has 2 heterocycles. The molecular formula is C28H30ClN7O4. The minimum Gasteiger partial charge on any atom is -0.444 e. The minimum absolute atomic E-state index is 0.247. The summed E-state index contributed by atoms with van der Waals surface area (Å²) in [6.07, 6.45) is 6.18. The quantitative estimate of drug-likeness (QED) is 0.197. The summed E-state index contributed by atoms with van der Waals surface area (Å²) < 4.78 is 6.67. The topological polar surface area (TPSA) is 166 Å². The van der Waals surface area contributed by atoms with Gasteiger partial charge in [0.15, 0.2) is 0 Å². The Balaban J connectivity index is 1.69. The number of hydrogen-bond donors (Lipinski definition) is 1. The molecule has 0 bridgehead atoms. The van der Waals surface area contributed by atoms with Gasteiger partial charge in [-0.05, 0) is 104 Å². The highest BCUT2D eigenvalue weighted by Crippen LogP contribution is 2.47. The molecule has 1 aliphatic rings. The molecule has 4 rings (SSSR count). The van der Waals surface area contributed by atoms with Gasteiger partial charge < -0.3 is 10.5 Å². The molecule has 2 aromatic heterocycles. The third-order valence-corrected chi connectivity index (χ3v) is 7.77. The highest BCUT2D eigenvalue weighted by molar-refractivity contribution is 6.30. The third kappa shape index (κ3) is 6.50. The zero-order valence-corrected chi connectivity index (χ0v) is 23.0. The van der Waals surface area contributed by atoms with Gasteiger partial charge in [0.25, 0.3) is 11.5 Å². The zero-order valence-electron chi connectivity index (χ0n) is 22.3. The molecule has 1 saturated carbocycles. The van der Waals surface area contributed by atoms with Crippen LogP contribution in [0.3, 0.4) is 0 Å². The van der Waals surface area contributed by atoms with Crippen molar-refractivity contribution in [1.29, 1.82) is 0 Å². The summed E-state index contributed by atoms with van der Waals surface area (Å²) in [5.74, 6) is -0.963. The first-order chi connectivity index (χ1) is 19.0. The first-order valence-electron chi connectivity index (χ1n) is 12.9. The van der Waals surface area contributed by atoms with Crippen LogP contribution in [0.4, 0.5) is 4.79 Å². The Morgan fingerprint density at radius 2 is 2.00 bits per heavy atom. The maximum Gasteiger partial charge on any atom is 0.405 e. The number of carbonyl (C=O) groups is 2. The molecule has 3 aromatic rings. The van der Waals surface area contributed by atoms with Gasteiger partial charge in [0.2, 0.25) is 0 Å². The Morgan fingerprint density at radius 3 is 2.62 bits per heavy atom. The molecule has 40 heavy (non-hydrogen) atoms. The molecule has 1 aliphatic carbocycles. The second-order valence-electron chi connectivity index (χ2n) is 10.6. The number of pyridine rings is 1. The Hall–Kier alpha value is -4.21. The third-order valence-electron chi connectivity index (χ3n) is 7.54. The number of primary amides is 1. The summed E-state index contributed by atoms with van der Waals surface area (Å²) in [5, 5.41) is 8.37. The smallest absolute Gasteiger partial charge is 0.405 e. The van der Waals surface area contributed by atoms with Crippen molar-refractivity contribution in [2.75, 3.05) is 0 Å². The largest absolute Gasteiger partial charge is 0.444 e. The van der Waals surface area contributed by atoms with Crippen molar-refractivity contribution in [3.8, 4) is 11.3 Å². The number of carbonyl (C=O) groups excluding carboxylic acids is 2. The van der Waals surface area contributed by atoms with E-state index in [9.17, 15) is 14.4 Å². The lowest BCUT2D eigenvalue weighted by atomic mass is 9.65. The highest BCUT2D eigenvalue weighted by Gasteiger charge is 2.40. The highest BCUT2D eigenvalue weighted by atomic mass is 35.5. The fourth-order valence-corrected chi connectivity index (χ4v) is 5.62. The number of benzene rings is 1. The summed E-state index contributed by atoms with van der Waals surface area (Å²) in [5.41, 5.74) is 14.2.